The van der Waals surface area contributed by atoms with Crippen molar-refractivity contribution in [2.45, 2.75) is 26.3 Å². The fourth-order valence-corrected chi connectivity index (χ4v) is 1.72. The maximum Gasteiger partial charge on any atom is 0.0959 e. The third-order valence-electron chi connectivity index (χ3n) is 2.65. The predicted molar refractivity (Wildman–Crippen MR) is 60.9 cm³/mol. The van der Waals surface area contributed by atoms with Gasteiger partial charge in [-0.3, -0.25) is 0 Å². The molecule has 0 aliphatic heterocycles. The van der Waals surface area contributed by atoms with E-state index in [1.54, 1.807) is 6.33 Å². The average Bonchev–Trinajstić information content (AvgIpc) is 2.61. The van der Waals surface area contributed by atoms with Crippen molar-refractivity contribution in [1.82, 2.24) is 9.55 Å². The molecule has 0 aliphatic rings. The highest BCUT2D eigenvalue weighted by Crippen LogP contribution is 2.20. The van der Waals surface area contributed by atoms with Crippen LogP contribution in [0.25, 0.3) is 11.0 Å². The highest BCUT2D eigenvalue weighted by Gasteiger charge is 2.05. The van der Waals surface area contributed by atoms with Crippen molar-refractivity contribution >= 4 is 11.0 Å². The molecule has 0 aliphatic carbocycles. The second-order valence-corrected chi connectivity index (χ2v) is 4.06. The number of benzene rings is 1. The number of hydrogen-bond donors (Lipinski definition) is 1. The van der Waals surface area contributed by atoms with E-state index in [1.807, 2.05) is 10.6 Å². The lowest BCUT2D eigenvalue weighted by Crippen LogP contribution is -2.00. The van der Waals surface area contributed by atoms with Gasteiger partial charge in [0.2, 0.25) is 0 Å². The maximum absolute atomic E-state index is 8.93. The lowest BCUT2D eigenvalue weighted by atomic mass is 10.0. The van der Waals surface area contributed by atoms with Gasteiger partial charge in [0.05, 0.1) is 24.0 Å². The normalized spacial score (nSPS) is 11.5. The van der Waals surface area contributed by atoms with E-state index in [1.165, 1.54) is 5.56 Å². The van der Waals surface area contributed by atoms with Crippen molar-refractivity contribution < 1.29 is 5.11 Å². The van der Waals surface area contributed by atoms with Crippen molar-refractivity contribution in [2.75, 3.05) is 6.61 Å². The minimum absolute atomic E-state index is 0.150. The monoisotopic (exact) mass is 204 g/mol. The molecule has 0 radical (unpaired) electrons. The van der Waals surface area contributed by atoms with Gasteiger partial charge in [-0.1, -0.05) is 19.9 Å². The van der Waals surface area contributed by atoms with Gasteiger partial charge in [0.1, 0.15) is 0 Å². The lowest BCUT2D eigenvalue weighted by molar-refractivity contribution is 0.278. The highest BCUT2D eigenvalue weighted by molar-refractivity contribution is 5.76. The Bertz CT molecular complexity index is 460. The van der Waals surface area contributed by atoms with Gasteiger partial charge in [-0.2, -0.15) is 0 Å². The van der Waals surface area contributed by atoms with Crippen LogP contribution in [-0.4, -0.2) is 21.3 Å². The molecule has 15 heavy (non-hydrogen) atoms. The molecule has 0 unspecified atom stereocenters. The van der Waals surface area contributed by atoms with Crippen LogP contribution in [0, 0.1) is 0 Å². The number of aliphatic hydroxyl groups excluding tert-OH is 1. The fourth-order valence-electron chi connectivity index (χ4n) is 1.72. The Hall–Kier alpha value is -1.35. The number of nitrogens with zero attached hydrogens (tertiary/aromatic N) is 2. The molecule has 1 N–H and O–H groups in total. The third kappa shape index (κ3) is 1.88. The van der Waals surface area contributed by atoms with E-state index >= 15 is 0 Å². The van der Waals surface area contributed by atoms with E-state index in [0.29, 0.717) is 12.5 Å². The Kier molecular flexibility index (Phi) is 2.73. The molecule has 0 spiro atoms. The van der Waals surface area contributed by atoms with Crippen LogP contribution in [0.15, 0.2) is 24.5 Å². The van der Waals surface area contributed by atoms with Crippen molar-refractivity contribution in [3.8, 4) is 0 Å². The van der Waals surface area contributed by atoms with Crippen LogP contribution in [0.1, 0.15) is 25.3 Å². The second kappa shape index (κ2) is 4.03. The maximum atomic E-state index is 8.93. The van der Waals surface area contributed by atoms with Crippen LogP contribution in [0.5, 0.6) is 0 Å². The van der Waals surface area contributed by atoms with Crippen molar-refractivity contribution in [3.05, 3.63) is 30.1 Å². The number of aliphatic hydroxyl groups is 1. The van der Waals surface area contributed by atoms with Crippen LogP contribution < -0.4 is 0 Å². The Balaban J connectivity index is 2.51. The van der Waals surface area contributed by atoms with Gasteiger partial charge in [-0.15, -0.1) is 0 Å². The van der Waals surface area contributed by atoms with E-state index in [-0.39, 0.29) is 6.61 Å². The molecule has 0 amide bonds. The molecule has 1 aromatic carbocycles. The first-order valence-corrected chi connectivity index (χ1v) is 5.28. The quantitative estimate of drug-likeness (QED) is 0.832. The van der Waals surface area contributed by atoms with Crippen molar-refractivity contribution in [2.24, 2.45) is 0 Å². The highest BCUT2D eigenvalue weighted by atomic mass is 16.3. The van der Waals surface area contributed by atoms with Crippen LogP contribution in [0.3, 0.4) is 0 Å². The predicted octanol–water partition coefficient (Wildman–Crippen LogP) is 2.15. The van der Waals surface area contributed by atoms with Gasteiger partial charge in [-0.25, -0.2) is 4.98 Å². The van der Waals surface area contributed by atoms with Gasteiger partial charge >= 0.3 is 0 Å². The summed E-state index contributed by atoms with van der Waals surface area (Å²) in [6.07, 6.45) is 1.78. The Morgan fingerprint density at radius 2 is 2.20 bits per heavy atom. The molecule has 0 atom stereocenters. The molecular weight excluding hydrogens is 188 g/mol. The number of hydrogen-bond acceptors (Lipinski definition) is 2. The van der Waals surface area contributed by atoms with Gasteiger partial charge < -0.3 is 9.67 Å². The van der Waals surface area contributed by atoms with Crippen molar-refractivity contribution in [1.29, 1.82) is 0 Å². The molecule has 0 saturated heterocycles. The van der Waals surface area contributed by atoms with E-state index in [2.05, 4.69) is 31.0 Å². The molecule has 1 heterocycles. The summed E-state index contributed by atoms with van der Waals surface area (Å²) in [5.74, 6) is 0.520. The lowest BCUT2D eigenvalue weighted by Gasteiger charge is -2.06. The third-order valence-corrected chi connectivity index (χ3v) is 2.65. The molecule has 0 fully saturated rings. The van der Waals surface area contributed by atoms with Gasteiger partial charge in [0, 0.05) is 6.54 Å². The minimum atomic E-state index is 0.150. The molecule has 0 bridgehead atoms. The molecular formula is C12H16N2O. The SMILES string of the molecule is CC(C)c1ccc2ncn(CCO)c2c1. The number of fused-ring (bicyclic) bond motifs is 1. The summed E-state index contributed by atoms with van der Waals surface area (Å²) in [5.41, 5.74) is 3.41. The van der Waals surface area contributed by atoms with Gasteiger partial charge in [0.15, 0.2) is 0 Å². The molecule has 0 saturated carbocycles. The zero-order valence-electron chi connectivity index (χ0n) is 9.14. The van der Waals surface area contributed by atoms with Crippen LogP contribution in [0.4, 0.5) is 0 Å². The molecule has 2 aromatic rings. The Morgan fingerprint density at radius 3 is 2.87 bits per heavy atom. The summed E-state index contributed by atoms with van der Waals surface area (Å²) in [4.78, 5) is 4.29. The summed E-state index contributed by atoms with van der Waals surface area (Å²) in [7, 11) is 0. The molecule has 2 rings (SSSR count). The summed E-state index contributed by atoms with van der Waals surface area (Å²) < 4.78 is 1.99. The first kappa shape index (κ1) is 10.2. The van der Waals surface area contributed by atoms with E-state index in [4.69, 9.17) is 5.11 Å². The average molecular weight is 204 g/mol. The minimum Gasteiger partial charge on any atom is -0.395 e. The Morgan fingerprint density at radius 1 is 1.40 bits per heavy atom. The summed E-state index contributed by atoms with van der Waals surface area (Å²) in [5, 5.41) is 8.93. The first-order valence-electron chi connectivity index (χ1n) is 5.28. The topological polar surface area (TPSA) is 38.0 Å². The summed E-state index contributed by atoms with van der Waals surface area (Å²) >= 11 is 0. The smallest absolute Gasteiger partial charge is 0.0959 e. The molecule has 3 heteroatoms. The van der Waals surface area contributed by atoms with Crippen LogP contribution in [0.2, 0.25) is 0 Å². The van der Waals surface area contributed by atoms with E-state index in [0.717, 1.165) is 11.0 Å². The molecule has 80 valence electrons. The van der Waals surface area contributed by atoms with Crippen LogP contribution >= 0.6 is 0 Å². The van der Waals surface area contributed by atoms with E-state index < -0.39 is 0 Å². The number of rotatable bonds is 3. The molecule has 1 aromatic heterocycles. The molecule has 3 nitrogen and oxygen atoms in total. The summed E-state index contributed by atoms with van der Waals surface area (Å²) in [6.45, 7) is 5.11. The largest absolute Gasteiger partial charge is 0.395 e. The van der Waals surface area contributed by atoms with Crippen LogP contribution in [-0.2, 0) is 6.54 Å². The zero-order chi connectivity index (χ0) is 10.8. The standard InChI is InChI=1S/C12H16N2O/c1-9(2)10-3-4-11-12(7-10)14(5-6-15)8-13-11/h3-4,7-9,15H,5-6H2,1-2H3. The fraction of sp³-hybridized carbons (Fsp3) is 0.417. The van der Waals surface area contributed by atoms with Crippen molar-refractivity contribution in [3.63, 3.8) is 0 Å². The Labute approximate surface area is 89.4 Å². The van der Waals surface area contributed by atoms with Gasteiger partial charge in [-0.05, 0) is 23.6 Å². The number of aromatic nitrogens is 2. The van der Waals surface area contributed by atoms with Gasteiger partial charge in [0.25, 0.3) is 0 Å². The van der Waals surface area contributed by atoms with E-state index in [9.17, 15) is 0 Å². The summed E-state index contributed by atoms with van der Waals surface area (Å²) in [6, 6.07) is 6.31. The zero-order valence-corrected chi connectivity index (χ0v) is 9.14. The first-order chi connectivity index (χ1) is 7.22. The number of imidazole rings is 1. The second-order valence-electron chi connectivity index (χ2n) is 4.06.